The van der Waals surface area contributed by atoms with Crippen molar-refractivity contribution in [3.63, 3.8) is 0 Å². The first kappa shape index (κ1) is 16.3. The maximum absolute atomic E-state index is 5.20. The number of likely N-dealkylation sites (N-methyl/N-ethyl adjacent to an activating group) is 1. The highest BCUT2D eigenvalue weighted by Gasteiger charge is 2.29. The molecule has 0 aromatic heterocycles. The molecule has 118 valence electrons. The van der Waals surface area contributed by atoms with E-state index in [1.54, 1.807) is 14.2 Å². The number of methoxy groups -OCH3 is 2. The molecule has 1 saturated carbocycles. The molecule has 1 aromatic rings. The van der Waals surface area contributed by atoms with Gasteiger partial charge in [0.1, 0.15) is 5.75 Å². The molecule has 0 bridgehead atoms. The van der Waals surface area contributed by atoms with E-state index in [9.17, 15) is 0 Å². The second-order valence-corrected chi connectivity index (χ2v) is 5.89. The Morgan fingerprint density at radius 3 is 2.48 bits per heavy atom. The summed E-state index contributed by atoms with van der Waals surface area (Å²) in [5.74, 6) is 1.64. The van der Waals surface area contributed by atoms with Crippen LogP contribution in [0.15, 0.2) is 24.3 Å². The van der Waals surface area contributed by atoms with Crippen LogP contribution in [0.25, 0.3) is 0 Å². The summed E-state index contributed by atoms with van der Waals surface area (Å²) in [4.78, 5) is 2.30. The third-order valence-corrected chi connectivity index (χ3v) is 4.33. The molecule has 1 aliphatic carbocycles. The van der Waals surface area contributed by atoms with Gasteiger partial charge in [0, 0.05) is 32.8 Å². The van der Waals surface area contributed by atoms with E-state index in [-0.39, 0.29) is 0 Å². The van der Waals surface area contributed by atoms with Crippen molar-refractivity contribution in [1.29, 1.82) is 0 Å². The molecule has 0 unspecified atom stereocenters. The van der Waals surface area contributed by atoms with Crippen LogP contribution in [0.3, 0.4) is 0 Å². The maximum atomic E-state index is 5.20. The Morgan fingerprint density at radius 1 is 1.14 bits per heavy atom. The number of benzene rings is 1. The van der Waals surface area contributed by atoms with Crippen molar-refractivity contribution in [2.45, 2.75) is 24.8 Å². The van der Waals surface area contributed by atoms with E-state index in [0.29, 0.717) is 12.0 Å². The van der Waals surface area contributed by atoms with Crippen LogP contribution in [0, 0.1) is 0 Å². The molecule has 0 spiro atoms. The Balaban J connectivity index is 1.60. The fourth-order valence-electron chi connectivity index (χ4n) is 2.75. The molecule has 1 N–H and O–H groups in total. The monoisotopic (exact) mass is 292 g/mol. The van der Waals surface area contributed by atoms with Crippen LogP contribution in [0.4, 0.5) is 0 Å². The molecule has 0 atom stereocenters. The molecule has 1 fully saturated rings. The lowest BCUT2D eigenvalue weighted by Gasteiger charge is -2.37. The predicted molar refractivity (Wildman–Crippen MR) is 86.1 cm³/mol. The number of rotatable bonds is 9. The van der Waals surface area contributed by atoms with Gasteiger partial charge in [0.15, 0.2) is 0 Å². The van der Waals surface area contributed by atoms with Crippen LogP contribution in [-0.4, -0.2) is 58.5 Å². The van der Waals surface area contributed by atoms with Gasteiger partial charge in [-0.2, -0.15) is 0 Å². The average molecular weight is 292 g/mol. The molecule has 2 rings (SSSR count). The van der Waals surface area contributed by atoms with Crippen molar-refractivity contribution in [3.05, 3.63) is 29.8 Å². The fraction of sp³-hybridized carbons (Fsp3) is 0.647. The molecule has 0 heterocycles. The zero-order valence-corrected chi connectivity index (χ0v) is 13.5. The van der Waals surface area contributed by atoms with Crippen LogP contribution < -0.4 is 10.1 Å². The summed E-state index contributed by atoms with van der Waals surface area (Å²) >= 11 is 0. The second kappa shape index (κ2) is 8.37. The second-order valence-electron chi connectivity index (χ2n) is 5.89. The van der Waals surface area contributed by atoms with Crippen molar-refractivity contribution < 1.29 is 9.47 Å². The predicted octanol–water partition coefficient (Wildman–Crippen LogP) is 2.11. The van der Waals surface area contributed by atoms with Gasteiger partial charge in [0.25, 0.3) is 0 Å². The smallest absolute Gasteiger partial charge is 0.118 e. The SMILES string of the molecule is COCCN(C)CCNC1CC(c2ccc(OC)cc2)C1. The Kier molecular flexibility index (Phi) is 6.49. The minimum Gasteiger partial charge on any atom is -0.497 e. The first-order valence-corrected chi connectivity index (χ1v) is 7.77. The minimum atomic E-state index is 0.674. The van der Waals surface area contributed by atoms with E-state index in [2.05, 4.69) is 41.5 Å². The summed E-state index contributed by atoms with van der Waals surface area (Å²) in [6.07, 6.45) is 2.49. The van der Waals surface area contributed by atoms with Crippen molar-refractivity contribution in [1.82, 2.24) is 10.2 Å². The van der Waals surface area contributed by atoms with E-state index >= 15 is 0 Å². The summed E-state index contributed by atoms with van der Waals surface area (Å²) < 4.78 is 10.3. The molecule has 0 aliphatic heterocycles. The van der Waals surface area contributed by atoms with Gasteiger partial charge in [-0.1, -0.05) is 12.1 Å². The molecule has 0 saturated heterocycles. The van der Waals surface area contributed by atoms with Gasteiger partial charge < -0.3 is 19.7 Å². The van der Waals surface area contributed by atoms with Crippen molar-refractivity contribution in [3.8, 4) is 5.75 Å². The normalized spacial score (nSPS) is 21.3. The molecule has 1 aromatic carbocycles. The lowest BCUT2D eigenvalue weighted by Crippen LogP contribution is -2.43. The van der Waals surface area contributed by atoms with Crippen LogP contribution >= 0.6 is 0 Å². The van der Waals surface area contributed by atoms with E-state index in [1.165, 1.54) is 18.4 Å². The number of nitrogens with one attached hydrogen (secondary N) is 1. The van der Waals surface area contributed by atoms with Gasteiger partial charge >= 0.3 is 0 Å². The molecule has 0 amide bonds. The van der Waals surface area contributed by atoms with Gasteiger partial charge in [-0.05, 0) is 43.5 Å². The summed E-state index contributed by atoms with van der Waals surface area (Å²) in [6.45, 7) is 3.93. The van der Waals surface area contributed by atoms with Crippen LogP contribution in [0.2, 0.25) is 0 Å². The Labute approximate surface area is 128 Å². The first-order chi connectivity index (χ1) is 10.2. The standard InChI is InChI=1S/C17H28N2O2/c1-19(10-11-20-2)9-8-18-16-12-15(13-16)14-4-6-17(21-3)7-5-14/h4-7,15-16,18H,8-13H2,1-3H3. The van der Waals surface area contributed by atoms with Crippen molar-refractivity contribution in [2.75, 3.05) is 47.5 Å². The van der Waals surface area contributed by atoms with Crippen LogP contribution in [-0.2, 0) is 4.74 Å². The Hall–Kier alpha value is -1.10. The fourth-order valence-corrected chi connectivity index (χ4v) is 2.75. The highest BCUT2D eigenvalue weighted by atomic mass is 16.5. The lowest BCUT2D eigenvalue weighted by atomic mass is 9.76. The average Bonchev–Trinajstić information content (AvgIpc) is 2.47. The van der Waals surface area contributed by atoms with Crippen LogP contribution in [0.5, 0.6) is 5.75 Å². The molecular weight excluding hydrogens is 264 g/mol. The maximum Gasteiger partial charge on any atom is 0.118 e. The minimum absolute atomic E-state index is 0.674. The largest absolute Gasteiger partial charge is 0.497 e. The quantitative estimate of drug-likeness (QED) is 0.756. The molecular formula is C17H28N2O2. The number of hydrogen-bond acceptors (Lipinski definition) is 4. The van der Waals surface area contributed by atoms with Gasteiger partial charge in [0.05, 0.1) is 13.7 Å². The van der Waals surface area contributed by atoms with E-state index < -0.39 is 0 Å². The zero-order chi connectivity index (χ0) is 15.1. The summed E-state index contributed by atoms with van der Waals surface area (Å²) in [5, 5.41) is 3.64. The molecule has 0 radical (unpaired) electrons. The van der Waals surface area contributed by atoms with Gasteiger partial charge in [-0.25, -0.2) is 0 Å². The van der Waals surface area contributed by atoms with Gasteiger partial charge in [-0.3, -0.25) is 0 Å². The zero-order valence-electron chi connectivity index (χ0n) is 13.5. The van der Waals surface area contributed by atoms with Crippen molar-refractivity contribution in [2.24, 2.45) is 0 Å². The molecule has 21 heavy (non-hydrogen) atoms. The Bertz CT molecular complexity index is 402. The molecule has 1 aliphatic rings. The Morgan fingerprint density at radius 2 is 1.86 bits per heavy atom. The summed E-state index contributed by atoms with van der Waals surface area (Å²) in [6, 6.07) is 9.17. The number of ether oxygens (including phenoxy) is 2. The van der Waals surface area contributed by atoms with E-state index in [0.717, 1.165) is 32.0 Å². The van der Waals surface area contributed by atoms with Gasteiger partial charge in [0.2, 0.25) is 0 Å². The van der Waals surface area contributed by atoms with E-state index in [1.807, 2.05) is 0 Å². The number of nitrogens with zero attached hydrogens (tertiary/aromatic N) is 1. The summed E-state index contributed by atoms with van der Waals surface area (Å²) in [7, 11) is 5.60. The highest BCUT2D eigenvalue weighted by molar-refractivity contribution is 5.30. The molecule has 4 nitrogen and oxygen atoms in total. The first-order valence-electron chi connectivity index (χ1n) is 7.77. The third kappa shape index (κ3) is 4.99. The molecule has 4 heteroatoms. The van der Waals surface area contributed by atoms with Gasteiger partial charge in [-0.15, -0.1) is 0 Å². The highest BCUT2D eigenvalue weighted by Crippen LogP contribution is 2.37. The number of hydrogen-bond donors (Lipinski definition) is 1. The van der Waals surface area contributed by atoms with Crippen molar-refractivity contribution >= 4 is 0 Å². The van der Waals surface area contributed by atoms with Crippen LogP contribution in [0.1, 0.15) is 24.3 Å². The third-order valence-electron chi connectivity index (χ3n) is 4.33. The van der Waals surface area contributed by atoms with E-state index in [4.69, 9.17) is 9.47 Å². The topological polar surface area (TPSA) is 33.7 Å². The summed E-state index contributed by atoms with van der Waals surface area (Å²) in [5.41, 5.74) is 1.44. The lowest BCUT2D eigenvalue weighted by molar-refractivity contribution is 0.159.